The van der Waals surface area contributed by atoms with Crippen LogP contribution >= 0.6 is 27.5 Å². The van der Waals surface area contributed by atoms with E-state index in [4.69, 9.17) is 11.6 Å². The SMILES string of the molecule is CN1CCC(N(C)c2ccc(CBr)c(Cl)c2)CC1. The molecule has 0 bridgehead atoms. The second-order valence-corrected chi connectivity index (χ2v) is 6.02. The van der Waals surface area contributed by atoms with Crippen molar-refractivity contribution in [3.8, 4) is 0 Å². The van der Waals surface area contributed by atoms with E-state index in [1.165, 1.54) is 31.6 Å². The van der Waals surface area contributed by atoms with Gasteiger partial charge in [0.15, 0.2) is 0 Å². The Labute approximate surface area is 123 Å². The van der Waals surface area contributed by atoms with Crippen molar-refractivity contribution in [1.82, 2.24) is 4.90 Å². The van der Waals surface area contributed by atoms with Crippen LogP contribution in [0.4, 0.5) is 5.69 Å². The Morgan fingerprint density at radius 1 is 1.39 bits per heavy atom. The maximum absolute atomic E-state index is 6.27. The lowest BCUT2D eigenvalue weighted by Gasteiger charge is -2.36. The first kappa shape index (κ1) is 14.2. The van der Waals surface area contributed by atoms with Gasteiger partial charge in [-0.25, -0.2) is 0 Å². The molecule has 1 saturated heterocycles. The molecule has 0 radical (unpaired) electrons. The lowest BCUT2D eigenvalue weighted by atomic mass is 10.0. The van der Waals surface area contributed by atoms with Crippen LogP contribution in [0.25, 0.3) is 0 Å². The number of anilines is 1. The van der Waals surface area contributed by atoms with E-state index in [1.807, 2.05) is 0 Å². The van der Waals surface area contributed by atoms with Crippen molar-refractivity contribution < 1.29 is 0 Å². The van der Waals surface area contributed by atoms with E-state index in [-0.39, 0.29) is 0 Å². The van der Waals surface area contributed by atoms with E-state index in [0.717, 1.165) is 15.9 Å². The smallest absolute Gasteiger partial charge is 0.0467 e. The van der Waals surface area contributed by atoms with Gasteiger partial charge < -0.3 is 9.80 Å². The third-order valence-electron chi connectivity index (χ3n) is 3.82. The summed E-state index contributed by atoms with van der Waals surface area (Å²) in [4.78, 5) is 4.77. The van der Waals surface area contributed by atoms with Gasteiger partial charge in [-0.3, -0.25) is 0 Å². The van der Waals surface area contributed by atoms with Gasteiger partial charge in [-0.15, -0.1) is 0 Å². The van der Waals surface area contributed by atoms with Gasteiger partial charge in [0.05, 0.1) is 0 Å². The Balaban J connectivity index is 2.08. The number of nitrogens with zero attached hydrogens (tertiary/aromatic N) is 2. The molecule has 0 amide bonds. The molecule has 1 aliphatic heterocycles. The zero-order valence-corrected chi connectivity index (χ0v) is 13.3. The minimum Gasteiger partial charge on any atom is -0.371 e. The van der Waals surface area contributed by atoms with Crippen LogP contribution in [0.5, 0.6) is 0 Å². The molecule has 4 heteroatoms. The Hall–Kier alpha value is -0.250. The van der Waals surface area contributed by atoms with Crippen LogP contribution in [0, 0.1) is 0 Å². The van der Waals surface area contributed by atoms with Crippen LogP contribution in [0.2, 0.25) is 5.02 Å². The highest BCUT2D eigenvalue weighted by Gasteiger charge is 2.21. The number of rotatable bonds is 3. The molecule has 1 aromatic rings. The fourth-order valence-electron chi connectivity index (χ4n) is 2.46. The minimum atomic E-state index is 0.632. The number of hydrogen-bond acceptors (Lipinski definition) is 2. The Morgan fingerprint density at radius 2 is 2.06 bits per heavy atom. The third kappa shape index (κ3) is 3.19. The first-order chi connectivity index (χ1) is 8.61. The van der Waals surface area contributed by atoms with Crippen LogP contribution in [0.15, 0.2) is 18.2 Å². The van der Waals surface area contributed by atoms with Crippen molar-refractivity contribution in [3.63, 3.8) is 0 Å². The summed E-state index contributed by atoms with van der Waals surface area (Å²) in [5, 5.41) is 1.66. The predicted molar refractivity (Wildman–Crippen MR) is 83.0 cm³/mol. The monoisotopic (exact) mass is 330 g/mol. The molecule has 0 atom stereocenters. The van der Waals surface area contributed by atoms with Crippen LogP contribution in [0.3, 0.4) is 0 Å². The maximum Gasteiger partial charge on any atom is 0.0467 e. The van der Waals surface area contributed by atoms with Crippen molar-refractivity contribution >= 4 is 33.2 Å². The van der Waals surface area contributed by atoms with Crippen LogP contribution < -0.4 is 4.90 Å². The van der Waals surface area contributed by atoms with E-state index < -0.39 is 0 Å². The summed E-state index contributed by atoms with van der Waals surface area (Å²) in [7, 11) is 4.37. The summed E-state index contributed by atoms with van der Waals surface area (Å²) in [6, 6.07) is 6.99. The van der Waals surface area contributed by atoms with Crippen LogP contribution in [-0.2, 0) is 5.33 Å². The molecule has 0 spiro atoms. The van der Waals surface area contributed by atoms with Gasteiger partial charge in [-0.2, -0.15) is 0 Å². The lowest BCUT2D eigenvalue weighted by Crippen LogP contribution is -2.41. The van der Waals surface area contributed by atoms with Gasteiger partial charge in [0, 0.05) is 29.1 Å². The second kappa shape index (κ2) is 6.27. The quantitative estimate of drug-likeness (QED) is 0.778. The molecule has 1 aliphatic rings. The van der Waals surface area contributed by atoms with Gasteiger partial charge >= 0.3 is 0 Å². The molecule has 18 heavy (non-hydrogen) atoms. The summed E-state index contributed by atoms with van der Waals surface area (Å²) in [5.41, 5.74) is 2.37. The summed E-state index contributed by atoms with van der Waals surface area (Å²) in [5.74, 6) is 0. The first-order valence-electron chi connectivity index (χ1n) is 6.37. The molecule has 1 aromatic carbocycles. The average Bonchev–Trinajstić information content (AvgIpc) is 2.38. The highest BCUT2D eigenvalue weighted by atomic mass is 79.9. The topological polar surface area (TPSA) is 6.48 Å². The van der Waals surface area contributed by atoms with E-state index in [2.05, 4.69) is 58.0 Å². The highest BCUT2D eigenvalue weighted by molar-refractivity contribution is 9.08. The van der Waals surface area contributed by atoms with Crippen LogP contribution in [-0.4, -0.2) is 38.1 Å². The average molecular weight is 332 g/mol. The molecule has 0 aliphatic carbocycles. The molecule has 0 N–H and O–H groups in total. The van der Waals surface area contributed by atoms with Gasteiger partial charge in [-0.1, -0.05) is 33.6 Å². The Bertz CT molecular complexity index is 403. The molecule has 1 heterocycles. The number of piperidine rings is 1. The minimum absolute atomic E-state index is 0.632. The third-order valence-corrected chi connectivity index (χ3v) is 4.78. The van der Waals surface area contributed by atoms with Gasteiger partial charge in [0.2, 0.25) is 0 Å². The van der Waals surface area contributed by atoms with E-state index in [9.17, 15) is 0 Å². The number of halogens is 2. The van der Waals surface area contributed by atoms with E-state index in [0.29, 0.717) is 6.04 Å². The molecule has 100 valence electrons. The molecular formula is C14H20BrClN2. The number of alkyl halides is 1. The Kier molecular flexibility index (Phi) is 4.93. The predicted octanol–water partition coefficient (Wildman–Crippen LogP) is 3.77. The molecule has 1 fully saturated rings. The first-order valence-corrected chi connectivity index (χ1v) is 7.87. The van der Waals surface area contributed by atoms with E-state index >= 15 is 0 Å². The zero-order valence-electron chi connectivity index (χ0n) is 11.0. The number of benzene rings is 1. The summed E-state index contributed by atoms with van der Waals surface area (Å²) in [6.45, 7) is 2.37. The zero-order chi connectivity index (χ0) is 13.1. The number of hydrogen-bond donors (Lipinski definition) is 0. The van der Waals surface area contributed by atoms with Crippen LogP contribution in [0.1, 0.15) is 18.4 Å². The van der Waals surface area contributed by atoms with Crippen molar-refractivity contribution in [1.29, 1.82) is 0 Å². The highest BCUT2D eigenvalue weighted by Crippen LogP contribution is 2.27. The summed E-state index contributed by atoms with van der Waals surface area (Å²) >= 11 is 9.72. The number of likely N-dealkylation sites (tertiary alicyclic amines) is 1. The van der Waals surface area contributed by atoms with Crippen molar-refractivity contribution in [2.75, 3.05) is 32.1 Å². The molecule has 0 saturated carbocycles. The maximum atomic E-state index is 6.27. The molecule has 2 rings (SSSR count). The van der Waals surface area contributed by atoms with Crippen molar-refractivity contribution in [2.24, 2.45) is 0 Å². The van der Waals surface area contributed by atoms with Crippen molar-refractivity contribution in [2.45, 2.75) is 24.2 Å². The lowest BCUT2D eigenvalue weighted by molar-refractivity contribution is 0.253. The Morgan fingerprint density at radius 3 is 2.61 bits per heavy atom. The van der Waals surface area contributed by atoms with Gasteiger partial charge in [0.25, 0.3) is 0 Å². The molecule has 2 nitrogen and oxygen atoms in total. The standard InChI is InChI=1S/C14H20BrClN2/c1-17-7-5-12(6-8-17)18(2)13-4-3-11(10-15)14(16)9-13/h3-4,9,12H,5-8,10H2,1-2H3. The van der Waals surface area contributed by atoms with Gasteiger partial charge in [-0.05, 0) is 50.7 Å². The second-order valence-electron chi connectivity index (χ2n) is 5.05. The normalized spacial score (nSPS) is 18.0. The summed E-state index contributed by atoms with van der Waals surface area (Å²) in [6.07, 6.45) is 2.45. The summed E-state index contributed by atoms with van der Waals surface area (Å²) < 4.78 is 0. The van der Waals surface area contributed by atoms with Gasteiger partial charge in [0.1, 0.15) is 0 Å². The molecule has 0 unspecified atom stereocenters. The molecule has 0 aromatic heterocycles. The van der Waals surface area contributed by atoms with E-state index in [1.54, 1.807) is 0 Å². The fraction of sp³-hybridized carbons (Fsp3) is 0.571. The van der Waals surface area contributed by atoms with Crippen molar-refractivity contribution in [3.05, 3.63) is 28.8 Å². The fourth-order valence-corrected chi connectivity index (χ4v) is 3.35. The molecular weight excluding hydrogens is 312 g/mol. The largest absolute Gasteiger partial charge is 0.371 e.